The van der Waals surface area contributed by atoms with Crippen molar-refractivity contribution in [3.8, 4) is 11.1 Å². The van der Waals surface area contributed by atoms with Crippen molar-refractivity contribution in [2.24, 2.45) is 0 Å². The van der Waals surface area contributed by atoms with E-state index in [1.54, 1.807) is 60.9 Å². The van der Waals surface area contributed by atoms with E-state index in [0.717, 1.165) is 22.3 Å². The Morgan fingerprint density at radius 2 is 1.57 bits per heavy atom. The van der Waals surface area contributed by atoms with Gasteiger partial charge in [0.1, 0.15) is 11.6 Å². The molecule has 1 N–H and O–H groups in total. The Hall–Kier alpha value is -4.10. The zero-order valence-electron chi connectivity index (χ0n) is 20.6. The highest BCUT2D eigenvalue weighted by Crippen LogP contribution is 2.29. The van der Waals surface area contributed by atoms with Gasteiger partial charge in [-0.15, -0.1) is 0 Å². The van der Waals surface area contributed by atoms with E-state index in [-0.39, 0.29) is 22.9 Å². The molecule has 4 aromatic rings. The van der Waals surface area contributed by atoms with E-state index in [4.69, 9.17) is 0 Å². The zero-order chi connectivity index (χ0) is 26.3. The van der Waals surface area contributed by atoms with E-state index in [0.29, 0.717) is 30.5 Å². The Labute approximate surface area is 217 Å². The van der Waals surface area contributed by atoms with Crippen LogP contribution in [0.4, 0.5) is 5.69 Å². The molecule has 0 aliphatic rings. The van der Waals surface area contributed by atoms with E-state index in [1.165, 1.54) is 6.92 Å². The summed E-state index contributed by atoms with van der Waals surface area (Å²) in [5.41, 5.74) is 4.35. The van der Waals surface area contributed by atoms with Gasteiger partial charge in [-0.05, 0) is 59.9 Å². The van der Waals surface area contributed by atoms with Gasteiger partial charge >= 0.3 is 0 Å². The van der Waals surface area contributed by atoms with E-state index >= 15 is 0 Å². The third-order valence-electron chi connectivity index (χ3n) is 5.89. The minimum absolute atomic E-state index is 0.0402. The first kappa shape index (κ1) is 26.0. The summed E-state index contributed by atoms with van der Waals surface area (Å²) in [6.45, 7) is 1.53. The number of pyridine rings is 1. The van der Waals surface area contributed by atoms with Gasteiger partial charge in [0.2, 0.25) is 0 Å². The lowest BCUT2D eigenvalue weighted by Gasteiger charge is -2.13. The number of hydrogen-bond acceptors (Lipinski definition) is 5. The van der Waals surface area contributed by atoms with Crippen LogP contribution in [-0.2, 0) is 38.9 Å². The first-order chi connectivity index (χ1) is 17.8. The molecule has 0 radical (unpaired) electrons. The summed E-state index contributed by atoms with van der Waals surface area (Å²) in [6.07, 6.45) is 5.10. The van der Waals surface area contributed by atoms with Gasteiger partial charge < -0.3 is 0 Å². The topological polar surface area (TPSA) is 93.2 Å². The Morgan fingerprint density at radius 3 is 2.30 bits per heavy atom. The fraction of sp³-hybridized carbons (Fsp3) is 0.167. The molecule has 37 heavy (non-hydrogen) atoms. The van der Waals surface area contributed by atoms with Gasteiger partial charge in [-0.2, -0.15) is 0 Å². The van der Waals surface area contributed by atoms with Gasteiger partial charge in [0, 0.05) is 42.9 Å². The Bertz CT molecular complexity index is 1500. The van der Waals surface area contributed by atoms with Crippen LogP contribution >= 0.6 is 0 Å². The average Bonchev–Trinajstić information content (AvgIpc) is 2.89. The summed E-state index contributed by atoms with van der Waals surface area (Å²) >= 11 is 0. The predicted molar refractivity (Wildman–Crippen MR) is 145 cm³/mol. The fourth-order valence-corrected chi connectivity index (χ4v) is 5.41. The molecule has 4 rings (SSSR count). The molecule has 3 aromatic carbocycles. The van der Waals surface area contributed by atoms with Crippen molar-refractivity contribution in [1.82, 2.24) is 4.98 Å². The molecule has 1 heterocycles. The van der Waals surface area contributed by atoms with E-state index in [1.807, 2.05) is 36.4 Å². The highest BCUT2D eigenvalue weighted by Gasteiger charge is 2.19. The number of nitrogens with zero attached hydrogens (tertiary/aromatic N) is 1. The molecule has 0 saturated carbocycles. The highest BCUT2D eigenvalue weighted by atomic mass is 32.2. The largest absolute Gasteiger partial charge is 0.300 e. The number of hydrogen-bond donors (Lipinski definition) is 1. The number of ketones is 2. The van der Waals surface area contributed by atoms with Crippen LogP contribution < -0.4 is 4.72 Å². The van der Waals surface area contributed by atoms with Gasteiger partial charge in [-0.25, -0.2) is 8.42 Å². The SMILES string of the molecule is CC(=O)Cc1cccc(-c2ccccc2S(=O)(=O)Nc2ccc(CC(=O)CCc3cccnc3)cc2)c1. The van der Waals surface area contributed by atoms with E-state index in [9.17, 15) is 18.0 Å². The zero-order valence-corrected chi connectivity index (χ0v) is 21.4. The molecule has 6 nitrogen and oxygen atoms in total. The van der Waals surface area contributed by atoms with Gasteiger partial charge in [0.25, 0.3) is 10.0 Å². The summed E-state index contributed by atoms with van der Waals surface area (Å²) in [6, 6.07) is 24.8. The number of Topliss-reactive ketones (excluding diaryl/α,β-unsaturated/α-hetero) is 2. The third-order valence-corrected chi connectivity index (χ3v) is 7.33. The number of aromatic nitrogens is 1. The summed E-state index contributed by atoms with van der Waals surface area (Å²) in [4.78, 5) is 28.1. The van der Waals surface area contributed by atoms with Gasteiger partial charge in [-0.1, -0.05) is 60.7 Å². The second-order valence-electron chi connectivity index (χ2n) is 8.95. The number of anilines is 1. The first-order valence-electron chi connectivity index (χ1n) is 12.0. The molecular formula is C30H28N2O4S. The van der Waals surface area contributed by atoms with E-state index in [2.05, 4.69) is 9.71 Å². The van der Waals surface area contributed by atoms with Crippen molar-refractivity contribution in [3.63, 3.8) is 0 Å². The summed E-state index contributed by atoms with van der Waals surface area (Å²) in [5, 5.41) is 0. The van der Waals surface area contributed by atoms with Gasteiger partial charge in [0.15, 0.2) is 0 Å². The van der Waals surface area contributed by atoms with Crippen LogP contribution in [0.5, 0.6) is 0 Å². The van der Waals surface area contributed by atoms with Crippen LogP contribution in [0.15, 0.2) is 102 Å². The molecule has 0 aliphatic heterocycles. The Kier molecular flexibility index (Phi) is 8.25. The molecule has 188 valence electrons. The maximum atomic E-state index is 13.3. The van der Waals surface area contributed by atoms with Crippen LogP contribution in [0.1, 0.15) is 30.0 Å². The van der Waals surface area contributed by atoms with Crippen molar-refractivity contribution in [1.29, 1.82) is 0 Å². The second kappa shape index (κ2) is 11.8. The van der Waals surface area contributed by atoms with E-state index < -0.39 is 10.0 Å². The second-order valence-corrected chi connectivity index (χ2v) is 10.6. The molecular weight excluding hydrogens is 484 g/mol. The minimum Gasteiger partial charge on any atom is -0.300 e. The van der Waals surface area contributed by atoms with Crippen LogP contribution in [0.2, 0.25) is 0 Å². The van der Waals surface area contributed by atoms with Crippen molar-refractivity contribution >= 4 is 27.3 Å². The predicted octanol–water partition coefficient (Wildman–Crippen LogP) is 5.43. The van der Waals surface area contributed by atoms with Gasteiger partial charge in [-0.3, -0.25) is 19.3 Å². The summed E-state index contributed by atoms with van der Waals surface area (Å²) in [5.74, 6) is 0.150. The molecule has 0 atom stereocenters. The van der Waals surface area contributed by atoms with Crippen molar-refractivity contribution < 1.29 is 18.0 Å². The number of aryl methyl sites for hydroxylation is 1. The quantitative estimate of drug-likeness (QED) is 0.289. The monoisotopic (exact) mass is 512 g/mol. The molecule has 1 aromatic heterocycles. The standard InChI is InChI=1S/C30H28N2O4S/c1-22(33)18-25-6-4-8-26(19-25)29-9-2-3-10-30(29)37(35,36)32-27-14-11-23(12-15-27)20-28(34)16-13-24-7-5-17-31-21-24/h2-12,14-15,17,19,21,32H,13,16,18,20H2,1H3. The van der Waals surface area contributed by atoms with Crippen LogP contribution in [-0.4, -0.2) is 25.0 Å². The normalized spacial score (nSPS) is 11.2. The molecule has 7 heteroatoms. The fourth-order valence-electron chi connectivity index (χ4n) is 4.12. The lowest BCUT2D eigenvalue weighted by atomic mass is 10.0. The van der Waals surface area contributed by atoms with Crippen molar-refractivity contribution in [2.75, 3.05) is 4.72 Å². The Morgan fingerprint density at radius 1 is 0.811 bits per heavy atom. The smallest absolute Gasteiger partial charge is 0.262 e. The number of benzene rings is 3. The lowest BCUT2D eigenvalue weighted by molar-refractivity contribution is -0.118. The molecule has 0 saturated heterocycles. The van der Waals surface area contributed by atoms with Crippen LogP contribution in [0, 0.1) is 0 Å². The maximum Gasteiger partial charge on any atom is 0.262 e. The van der Waals surface area contributed by atoms with Crippen LogP contribution in [0.3, 0.4) is 0 Å². The highest BCUT2D eigenvalue weighted by molar-refractivity contribution is 7.92. The lowest BCUT2D eigenvalue weighted by Crippen LogP contribution is -2.14. The number of carbonyl (C=O) groups is 2. The average molecular weight is 513 g/mol. The summed E-state index contributed by atoms with van der Waals surface area (Å²) in [7, 11) is -3.89. The molecule has 0 amide bonds. The third kappa shape index (κ3) is 7.21. The molecule has 0 bridgehead atoms. The number of rotatable bonds is 11. The summed E-state index contributed by atoms with van der Waals surface area (Å²) < 4.78 is 29.3. The van der Waals surface area contributed by atoms with Crippen molar-refractivity contribution in [2.45, 2.75) is 37.5 Å². The minimum atomic E-state index is -3.89. The molecule has 0 spiro atoms. The van der Waals surface area contributed by atoms with Crippen molar-refractivity contribution in [3.05, 3.63) is 114 Å². The molecule has 0 unspecified atom stereocenters. The number of nitrogens with one attached hydrogen (secondary N) is 1. The number of sulfonamides is 1. The maximum absolute atomic E-state index is 13.3. The van der Waals surface area contributed by atoms with Crippen LogP contribution in [0.25, 0.3) is 11.1 Å². The number of carbonyl (C=O) groups excluding carboxylic acids is 2. The first-order valence-corrected chi connectivity index (χ1v) is 13.5. The molecule has 0 fully saturated rings. The Balaban J connectivity index is 1.45. The molecule has 0 aliphatic carbocycles. The van der Waals surface area contributed by atoms with Gasteiger partial charge in [0.05, 0.1) is 4.90 Å².